The van der Waals surface area contributed by atoms with Crippen LogP contribution in [0.5, 0.6) is 5.75 Å². The van der Waals surface area contributed by atoms with Gasteiger partial charge in [0.2, 0.25) is 0 Å². The lowest BCUT2D eigenvalue weighted by atomic mass is 9.89. The molecule has 0 saturated carbocycles. The fraction of sp³-hybridized carbons (Fsp3) is 0.125. The molecule has 0 aromatic heterocycles. The summed E-state index contributed by atoms with van der Waals surface area (Å²) >= 11 is 0. The third-order valence-electron chi connectivity index (χ3n) is 1.60. The van der Waals surface area contributed by atoms with Gasteiger partial charge in [-0.2, -0.15) is 5.26 Å². The van der Waals surface area contributed by atoms with E-state index in [1.807, 2.05) is 20.0 Å². The second kappa shape index (κ2) is 3.11. The maximum absolute atomic E-state index is 9.05. The first-order valence-electron chi connectivity index (χ1n) is 3.39. The van der Waals surface area contributed by atoms with Gasteiger partial charge in [0.05, 0.1) is 12.5 Å². The Bertz CT molecular complexity index is 303. The van der Waals surface area contributed by atoms with Gasteiger partial charge in [0.15, 0.2) is 0 Å². The van der Waals surface area contributed by atoms with Crippen LogP contribution >= 0.6 is 0 Å². The quantitative estimate of drug-likeness (QED) is 0.552. The molecular formula is C8H8BNO. The number of rotatable bonds is 1. The summed E-state index contributed by atoms with van der Waals surface area (Å²) in [6.45, 7) is 0. The second-order valence-corrected chi connectivity index (χ2v) is 2.45. The highest BCUT2D eigenvalue weighted by Gasteiger charge is 1.97. The van der Waals surface area contributed by atoms with Crippen LogP contribution in [0.15, 0.2) is 18.2 Å². The molecule has 0 aliphatic heterocycles. The van der Waals surface area contributed by atoms with Crippen molar-refractivity contribution < 1.29 is 5.11 Å². The van der Waals surface area contributed by atoms with Crippen LogP contribution in [0.2, 0.25) is 0 Å². The van der Waals surface area contributed by atoms with Gasteiger partial charge in [0.25, 0.3) is 0 Å². The number of benzene rings is 1. The minimum atomic E-state index is 0.223. The first-order chi connectivity index (χ1) is 5.24. The smallest absolute Gasteiger partial charge is 0.139 e. The maximum Gasteiger partial charge on any atom is 0.139 e. The molecule has 2 nitrogen and oxygen atoms in total. The fourth-order valence-electron chi connectivity index (χ4n) is 0.933. The Morgan fingerprint density at radius 2 is 2.27 bits per heavy atom. The Morgan fingerprint density at radius 1 is 1.55 bits per heavy atom. The van der Waals surface area contributed by atoms with E-state index >= 15 is 0 Å². The summed E-state index contributed by atoms with van der Waals surface area (Å²) in [5.74, 6) is 0.223. The number of nitriles is 1. The van der Waals surface area contributed by atoms with Gasteiger partial charge < -0.3 is 5.11 Å². The molecule has 0 heterocycles. The molecule has 0 atom stereocenters. The number of aromatic hydroxyl groups is 1. The van der Waals surface area contributed by atoms with Gasteiger partial charge in [-0.15, -0.1) is 0 Å². The van der Waals surface area contributed by atoms with Crippen LogP contribution in [0, 0.1) is 11.3 Å². The minimum Gasteiger partial charge on any atom is -0.508 e. The van der Waals surface area contributed by atoms with E-state index in [0.29, 0.717) is 6.42 Å². The van der Waals surface area contributed by atoms with Crippen molar-refractivity contribution >= 4 is 13.3 Å². The van der Waals surface area contributed by atoms with Gasteiger partial charge in [-0.25, -0.2) is 0 Å². The minimum absolute atomic E-state index is 0.223. The molecule has 0 amide bonds. The van der Waals surface area contributed by atoms with Gasteiger partial charge in [-0.1, -0.05) is 11.5 Å². The van der Waals surface area contributed by atoms with Crippen molar-refractivity contribution in [3.05, 3.63) is 23.8 Å². The summed E-state index contributed by atoms with van der Waals surface area (Å²) in [4.78, 5) is 0. The van der Waals surface area contributed by atoms with Crippen molar-refractivity contribution in [2.45, 2.75) is 6.42 Å². The Labute approximate surface area is 66.5 Å². The standard InChI is InChI=1S/C8H8BNO/c9-8-2-1-7(11)5-6(8)3-4-10/h1-2,5,11H,3,9H2. The predicted molar refractivity (Wildman–Crippen MR) is 45.6 cm³/mol. The molecule has 0 spiro atoms. The summed E-state index contributed by atoms with van der Waals surface area (Å²) in [6, 6.07) is 7.09. The van der Waals surface area contributed by atoms with Crippen molar-refractivity contribution in [3.63, 3.8) is 0 Å². The molecule has 0 fully saturated rings. The maximum atomic E-state index is 9.05. The van der Waals surface area contributed by atoms with Crippen molar-refractivity contribution in [2.75, 3.05) is 0 Å². The molecule has 0 bridgehead atoms. The molecule has 1 N–H and O–H groups in total. The van der Waals surface area contributed by atoms with E-state index in [1.165, 1.54) is 0 Å². The molecule has 11 heavy (non-hydrogen) atoms. The SMILES string of the molecule is Bc1ccc(O)cc1CC#N. The first-order valence-corrected chi connectivity index (χ1v) is 3.39. The number of hydrogen-bond acceptors (Lipinski definition) is 2. The van der Waals surface area contributed by atoms with Crippen LogP contribution in [0.1, 0.15) is 5.56 Å². The van der Waals surface area contributed by atoms with Gasteiger partial charge in [-0.3, -0.25) is 0 Å². The molecule has 1 aromatic rings. The molecule has 0 aliphatic rings. The van der Waals surface area contributed by atoms with Gasteiger partial charge in [-0.05, 0) is 17.7 Å². The highest BCUT2D eigenvalue weighted by Crippen LogP contribution is 2.08. The molecule has 3 heteroatoms. The van der Waals surface area contributed by atoms with Crippen LogP contribution < -0.4 is 5.46 Å². The third kappa shape index (κ3) is 1.75. The van der Waals surface area contributed by atoms with Crippen molar-refractivity contribution in [1.82, 2.24) is 0 Å². The van der Waals surface area contributed by atoms with E-state index in [1.54, 1.807) is 12.1 Å². The number of phenolic OH excluding ortho intramolecular Hbond substituents is 1. The van der Waals surface area contributed by atoms with Crippen LogP contribution in [-0.2, 0) is 6.42 Å². The lowest BCUT2D eigenvalue weighted by molar-refractivity contribution is 0.475. The van der Waals surface area contributed by atoms with Crippen molar-refractivity contribution in [3.8, 4) is 11.8 Å². The Kier molecular flexibility index (Phi) is 2.17. The highest BCUT2D eigenvalue weighted by molar-refractivity contribution is 6.33. The van der Waals surface area contributed by atoms with E-state index in [-0.39, 0.29) is 5.75 Å². The second-order valence-electron chi connectivity index (χ2n) is 2.45. The number of hydrogen-bond donors (Lipinski definition) is 1. The lowest BCUT2D eigenvalue weighted by Crippen LogP contribution is -2.08. The van der Waals surface area contributed by atoms with E-state index in [9.17, 15) is 0 Å². The average molecular weight is 145 g/mol. The Morgan fingerprint density at radius 3 is 2.91 bits per heavy atom. The molecule has 1 aromatic carbocycles. The molecule has 0 unspecified atom stereocenters. The van der Waals surface area contributed by atoms with Crippen LogP contribution in [-0.4, -0.2) is 13.0 Å². The predicted octanol–water partition coefficient (Wildman–Crippen LogP) is -0.283. The molecule has 1 rings (SSSR count). The van der Waals surface area contributed by atoms with E-state index in [2.05, 4.69) is 0 Å². The normalized spacial score (nSPS) is 9.00. The average Bonchev–Trinajstić information content (AvgIpc) is 1.98. The Hall–Kier alpha value is -1.43. The third-order valence-corrected chi connectivity index (χ3v) is 1.60. The highest BCUT2D eigenvalue weighted by atomic mass is 16.3. The van der Waals surface area contributed by atoms with Crippen LogP contribution in [0.25, 0.3) is 0 Å². The zero-order valence-electron chi connectivity index (χ0n) is 6.33. The topological polar surface area (TPSA) is 44.0 Å². The van der Waals surface area contributed by atoms with Gasteiger partial charge in [0.1, 0.15) is 13.6 Å². The summed E-state index contributed by atoms with van der Waals surface area (Å²) in [7, 11) is 1.92. The number of phenols is 1. The zero-order valence-corrected chi connectivity index (χ0v) is 6.33. The molecule has 0 radical (unpaired) electrons. The van der Waals surface area contributed by atoms with Crippen LogP contribution in [0.3, 0.4) is 0 Å². The summed E-state index contributed by atoms with van der Waals surface area (Å²) < 4.78 is 0. The first kappa shape index (κ1) is 7.68. The van der Waals surface area contributed by atoms with Gasteiger partial charge in [0, 0.05) is 0 Å². The molecular weight excluding hydrogens is 137 g/mol. The van der Waals surface area contributed by atoms with E-state index in [0.717, 1.165) is 11.0 Å². The molecule has 54 valence electrons. The van der Waals surface area contributed by atoms with Crippen molar-refractivity contribution in [1.29, 1.82) is 5.26 Å². The van der Waals surface area contributed by atoms with Gasteiger partial charge >= 0.3 is 0 Å². The monoisotopic (exact) mass is 145 g/mol. The van der Waals surface area contributed by atoms with Crippen molar-refractivity contribution in [2.24, 2.45) is 0 Å². The van der Waals surface area contributed by atoms with E-state index in [4.69, 9.17) is 10.4 Å². The number of nitrogens with zero attached hydrogens (tertiary/aromatic N) is 1. The molecule has 0 aliphatic carbocycles. The lowest BCUT2D eigenvalue weighted by Gasteiger charge is -2.00. The van der Waals surface area contributed by atoms with E-state index < -0.39 is 0 Å². The van der Waals surface area contributed by atoms with Crippen LogP contribution in [0.4, 0.5) is 0 Å². The fourth-order valence-corrected chi connectivity index (χ4v) is 0.933. The largest absolute Gasteiger partial charge is 0.508 e. The summed E-state index contributed by atoms with van der Waals surface area (Å²) in [5.41, 5.74) is 1.94. The zero-order chi connectivity index (χ0) is 8.27. The summed E-state index contributed by atoms with van der Waals surface area (Å²) in [5, 5.41) is 17.5. The Balaban J connectivity index is 3.05. The summed E-state index contributed by atoms with van der Waals surface area (Å²) in [6.07, 6.45) is 0.361. The molecule has 0 saturated heterocycles.